The minimum atomic E-state index is 0.240. The Morgan fingerprint density at radius 3 is 2.62 bits per heavy atom. The van der Waals surface area contributed by atoms with Crippen LogP contribution in [-0.2, 0) is 4.79 Å². The van der Waals surface area contributed by atoms with Gasteiger partial charge in [-0.15, -0.1) is 0 Å². The molecule has 1 heterocycles. The molecule has 0 aromatic carbocycles. The van der Waals surface area contributed by atoms with Gasteiger partial charge >= 0.3 is 0 Å². The summed E-state index contributed by atoms with van der Waals surface area (Å²) >= 11 is 0. The van der Waals surface area contributed by atoms with Crippen LogP contribution in [0.2, 0.25) is 0 Å². The van der Waals surface area contributed by atoms with E-state index in [0.717, 1.165) is 32.0 Å². The van der Waals surface area contributed by atoms with Crippen LogP contribution in [0.15, 0.2) is 0 Å². The first-order chi connectivity index (χ1) is 10.2. The second kappa shape index (κ2) is 8.74. The topological polar surface area (TPSA) is 44.4 Å². The van der Waals surface area contributed by atoms with Crippen LogP contribution < -0.4 is 10.6 Å². The third-order valence-electron chi connectivity index (χ3n) is 5.31. The van der Waals surface area contributed by atoms with Crippen molar-refractivity contribution in [3.05, 3.63) is 0 Å². The zero-order chi connectivity index (χ0) is 15.1. The molecule has 1 amide bonds. The van der Waals surface area contributed by atoms with Gasteiger partial charge in [-0.2, -0.15) is 0 Å². The largest absolute Gasteiger partial charge is 0.355 e. The van der Waals surface area contributed by atoms with E-state index in [2.05, 4.69) is 29.6 Å². The smallest absolute Gasteiger partial charge is 0.220 e. The zero-order valence-electron chi connectivity index (χ0n) is 13.9. The number of hydrogen-bond acceptors (Lipinski definition) is 3. The number of amides is 1. The number of hydrogen-bond donors (Lipinski definition) is 2. The van der Waals surface area contributed by atoms with Gasteiger partial charge in [-0.1, -0.05) is 19.3 Å². The summed E-state index contributed by atoms with van der Waals surface area (Å²) in [5.41, 5.74) is 0. The Kier molecular flexibility index (Phi) is 6.97. The van der Waals surface area contributed by atoms with Crippen molar-refractivity contribution in [1.29, 1.82) is 0 Å². The fraction of sp³-hybridized carbons (Fsp3) is 0.941. The van der Waals surface area contributed by atoms with Gasteiger partial charge in [-0.05, 0) is 64.7 Å². The van der Waals surface area contributed by atoms with E-state index in [4.69, 9.17) is 0 Å². The van der Waals surface area contributed by atoms with Gasteiger partial charge in [0, 0.05) is 19.0 Å². The highest BCUT2D eigenvalue weighted by molar-refractivity contribution is 5.75. The molecule has 1 aliphatic heterocycles. The van der Waals surface area contributed by atoms with Gasteiger partial charge < -0.3 is 15.5 Å². The molecule has 1 saturated heterocycles. The van der Waals surface area contributed by atoms with Crippen molar-refractivity contribution >= 4 is 5.91 Å². The van der Waals surface area contributed by atoms with E-state index < -0.39 is 0 Å². The third-order valence-corrected chi connectivity index (χ3v) is 5.31. The molecule has 0 spiro atoms. The molecule has 1 aliphatic carbocycles. The highest BCUT2D eigenvalue weighted by Gasteiger charge is 2.25. The van der Waals surface area contributed by atoms with Crippen molar-refractivity contribution < 1.29 is 4.79 Å². The van der Waals surface area contributed by atoms with E-state index in [-0.39, 0.29) is 5.91 Å². The summed E-state index contributed by atoms with van der Waals surface area (Å²) in [7, 11) is 4.30. The summed E-state index contributed by atoms with van der Waals surface area (Å²) in [6.07, 6.45) is 9.72. The monoisotopic (exact) mass is 295 g/mol. The van der Waals surface area contributed by atoms with Crippen LogP contribution in [0.1, 0.15) is 51.4 Å². The van der Waals surface area contributed by atoms with Crippen LogP contribution in [0.3, 0.4) is 0 Å². The maximum absolute atomic E-state index is 12.1. The van der Waals surface area contributed by atoms with Crippen LogP contribution in [-0.4, -0.2) is 50.6 Å². The minimum Gasteiger partial charge on any atom is -0.355 e. The number of rotatable bonds is 7. The minimum absolute atomic E-state index is 0.240. The van der Waals surface area contributed by atoms with E-state index in [0.29, 0.717) is 18.4 Å². The summed E-state index contributed by atoms with van der Waals surface area (Å²) in [6, 6.07) is 0.502. The molecule has 2 rings (SSSR count). The van der Waals surface area contributed by atoms with Gasteiger partial charge in [0.1, 0.15) is 0 Å². The Balaban J connectivity index is 1.68. The Bertz CT molecular complexity index is 307. The van der Waals surface area contributed by atoms with E-state index in [9.17, 15) is 4.79 Å². The third kappa shape index (κ3) is 5.59. The fourth-order valence-corrected chi connectivity index (χ4v) is 3.89. The van der Waals surface area contributed by atoms with Crippen LogP contribution in [0.5, 0.6) is 0 Å². The van der Waals surface area contributed by atoms with Gasteiger partial charge in [0.15, 0.2) is 0 Å². The summed E-state index contributed by atoms with van der Waals surface area (Å²) in [5, 5.41) is 6.55. The maximum Gasteiger partial charge on any atom is 0.220 e. The lowest BCUT2D eigenvalue weighted by Gasteiger charge is -2.35. The Morgan fingerprint density at radius 1 is 1.24 bits per heavy atom. The molecule has 122 valence electrons. The number of carbonyl (C=O) groups excluding carboxylic acids is 1. The molecule has 0 aromatic rings. The predicted molar refractivity (Wildman–Crippen MR) is 87.3 cm³/mol. The number of nitrogens with zero attached hydrogens (tertiary/aromatic N) is 1. The van der Waals surface area contributed by atoms with Crippen LogP contribution in [0, 0.1) is 11.8 Å². The average molecular weight is 295 g/mol. The van der Waals surface area contributed by atoms with Crippen molar-refractivity contribution in [2.45, 2.75) is 57.4 Å². The van der Waals surface area contributed by atoms with E-state index >= 15 is 0 Å². The number of likely N-dealkylation sites (N-methyl/N-ethyl adjacent to an activating group) is 1. The van der Waals surface area contributed by atoms with Gasteiger partial charge in [-0.25, -0.2) is 0 Å². The standard InChI is InChI=1S/C17H33N3O/c1-20(2)16(15-6-4-3-5-7-15)13-19-17(21)9-8-14-10-11-18-12-14/h14-16,18H,3-13H2,1-2H3,(H,19,21). The molecular weight excluding hydrogens is 262 g/mol. The molecule has 2 aliphatic rings. The second-order valence-corrected chi connectivity index (χ2v) is 7.13. The first kappa shape index (κ1) is 16.8. The van der Waals surface area contributed by atoms with Crippen molar-refractivity contribution in [3.8, 4) is 0 Å². The Labute approximate surface area is 130 Å². The lowest BCUT2D eigenvalue weighted by atomic mass is 9.83. The molecule has 2 fully saturated rings. The summed E-state index contributed by atoms with van der Waals surface area (Å²) in [5.74, 6) is 1.70. The molecule has 2 atom stereocenters. The van der Waals surface area contributed by atoms with E-state index in [1.54, 1.807) is 0 Å². The molecule has 0 aromatic heterocycles. The van der Waals surface area contributed by atoms with E-state index in [1.807, 2.05) is 0 Å². The maximum atomic E-state index is 12.1. The van der Waals surface area contributed by atoms with Crippen molar-refractivity contribution in [2.24, 2.45) is 11.8 Å². The first-order valence-electron chi connectivity index (χ1n) is 8.80. The summed E-state index contributed by atoms with van der Waals surface area (Å²) in [6.45, 7) is 3.03. The van der Waals surface area contributed by atoms with Crippen molar-refractivity contribution in [2.75, 3.05) is 33.7 Å². The van der Waals surface area contributed by atoms with Gasteiger partial charge in [0.25, 0.3) is 0 Å². The van der Waals surface area contributed by atoms with Crippen LogP contribution >= 0.6 is 0 Å². The highest BCUT2D eigenvalue weighted by atomic mass is 16.1. The fourth-order valence-electron chi connectivity index (χ4n) is 3.89. The molecule has 4 nitrogen and oxygen atoms in total. The van der Waals surface area contributed by atoms with Gasteiger partial charge in [-0.3, -0.25) is 4.79 Å². The highest BCUT2D eigenvalue weighted by Crippen LogP contribution is 2.28. The lowest BCUT2D eigenvalue weighted by Crippen LogP contribution is -2.45. The van der Waals surface area contributed by atoms with Crippen LogP contribution in [0.4, 0.5) is 0 Å². The molecule has 1 saturated carbocycles. The predicted octanol–water partition coefficient (Wildman–Crippen LogP) is 2.00. The number of carbonyl (C=O) groups is 1. The normalized spacial score (nSPS) is 25.2. The molecule has 2 unspecified atom stereocenters. The molecule has 0 bridgehead atoms. The zero-order valence-corrected chi connectivity index (χ0v) is 13.9. The van der Waals surface area contributed by atoms with Crippen molar-refractivity contribution in [1.82, 2.24) is 15.5 Å². The number of nitrogens with one attached hydrogen (secondary N) is 2. The lowest BCUT2D eigenvalue weighted by molar-refractivity contribution is -0.121. The van der Waals surface area contributed by atoms with Gasteiger partial charge in [0.2, 0.25) is 5.91 Å². The quantitative estimate of drug-likeness (QED) is 0.755. The molecule has 2 N–H and O–H groups in total. The average Bonchev–Trinajstić information content (AvgIpc) is 2.99. The molecule has 21 heavy (non-hydrogen) atoms. The first-order valence-corrected chi connectivity index (χ1v) is 8.80. The summed E-state index contributed by atoms with van der Waals surface area (Å²) < 4.78 is 0. The summed E-state index contributed by atoms with van der Waals surface area (Å²) in [4.78, 5) is 14.4. The second-order valence-electron chi connectivity index (χ2n) is 7.13. The van der Waals surface area contributed by atoms with Gasteiger partial charge in [0.05, 0.1) is 0 Å². The molecule has 4 heteroatoms. The Hall–Kier alpha value is -0.610. The van der Waals surface area contributed by atoms with Crippen LogP contribution in [0.25, 0.3) is 0 Å². The SMILES string of the molecule is CN(C)C(CNC(=O)CCC1CCNC1)C1CCCCC1. The molecular formula is C17H33N3O. The van der Waals surface area contributed by atoms with Crippen molar-refractivity contribution in [3.63, 3.8) is 0 Å². The molecule has 0 radical (unpaired) electrons. The van der Waals surface area contributed by atoms with E-state index in [1.165, 1.54) is 38.5 Å². The Morgan fingerprint density at radius 2 is 2.00 bits per heavy atom.